The molecule has 0 spiro atoms. The second-order valence-electron chi connectivity index (χ2n) is 4.74. The number of piperazine rings is 1. The molecule has 1 aromatic rings. The molecule has 0 unspecified atom stereocenters. The van der Waals surface area contributed by atoms with Crippen molar-refractivity contribution in [2.75, 3.05) is 39.8 Å². The molecule has 0 aliphatic carbocycles. The van der Waals surface area contributed by atoms with Gasteiger partial charge < -0.3 is 9.80 Å². The molecular weight excluding hydrogens is 260 g/mol. The standard InChI is InChI=1S/C13H20N4OS/c1-16-5-7-17(8-6-16)4-2-13(18)15-14-10-12-3-9-19-11-12/h3,9-11H,2,4-8H2,1H3,(H,15,18)/b14-10+. The maximum atomic E-state index is 11.6. The predicted octanol–water partition coefficient (Wildman–Crippen LogP) is 0.836. The number of nitrogens with one attached hydrogen (secondary N) is 1. The van der Waals surface area contributed by atoms with Crippen molar-refractivity contribution in [2.24, 2.45) is 5.10 Å². The highest BCUT2D eigenvalue weighted by molar-refractivity contribution is 7.08. The number of hydrogen-bond donors (Lipinski definition) is 1. The Morgan fingerprint density at radius 3 is 2.95 bits per heavy atom. The highest BCUT2D eigenvalue weighted by Crippen LogP contribution is 2.02. The van der Waals surface area contributed by atoms with Crippen molar-refractivity contribution in [1.29, 1.82) is 0 Å². The third-order valence-corrected chi connectivity index (χ3v) is 3.90. The van der Waals surface area contributed by atoms with Crippen LogP contribution in [0.5, 0.6) is 0 Å². The molecule has 0 saturated carbocycles. The van der Waals surface area contributed by atoms with Crippen molar-refractivity contribution in [2.45, 2.75) is 6.42 Å². The Bertz CT molecular complexity index is 410. The van der Waals surface area contributed by atoms with Gasteiger partial charge in [-0.1, -0.05) is 0 Å². The van der Waals surface area contributed by atoms with Gasteiger partial charge in [0, 0.05) is 44.7 Å². The first kappa shape index (κ1) is 14.2. The van der Waals surface area contributed by atoms with Crippen LogP contribution >= 0.6 is 11.3 Å². The van der Waals surface area contributed by atoms with Crippen molar-refractivity contribution in [1.82, 2.24) is 15.2 Å². The average molecular weight is 280 g/mol. The highest BCUT2D eigenvalue weighted by Gasteiger charge is 2.14. The summed E-state index contributed by atoms with van der Waals surface area (Å²) in [7, 11) is 2.13. The van der Waals surface area contributed by atoms with E-state index >= 15 is 0 Å². The minimum Gasteiger partial charge on any atom is -0.304 e. The average Bonchev–Trinajstić information content (AvgIpc) is 2.91. The van der Waals surface area contributed by atoms with Gasteiger partial charge in [0.1, 0.15) is 0 Å². The molecule has 1 aliphatic heterocycles. The Kier molecular flexibility index (Phi) is 5.50. The number of hydrazone groups is 1. The van der Waals surface area contributed by atoms with Crippen LogP contribution in [0.15, 0.2) is 21.9 Å². The minimum atomic E-state index is -0.0228. The number of carbonyl (C=O) groups is 1. The van der Waals surface area contributed by atoms with Gasteiger partial charge in [0.15, 0.2) is 0 Å². The zero-order chi connectivity index (χ0) is 13.5. The molecular formula is C13H20N4OS. The van der Waals surface area contributed by atoms with Gasteiger partial charge in [0.05, 0.1) is 6.21 Å². The Morgan fingerprint density at radius 1 is 1.47 bits per heavy atom. The van der Waals surface area contributed by atoms with Crippen LogP contribution in [0.2, 0.25) is 0 Å². The number of thiophene rings is 1. The fourth-order valence-corrected chi connectivity index (χ4v) is 2.53. The summed E-state index contributed by atoms with van der Waals surface area (Å²) in [5.41, 5.74) is 3.59. The molecule has 1 fully saturated rings. The van der Waals surface area contributed by atoms with Gasteiger partial charge >= 0.3 is 0 Å². The van der Waals surface area contributed by atoms with E-state index in [9.17, 15) is 4.79 Å². The third kappa shape index (κ3) is 5.10. The monoisotopic (exact) mass is 280 g/mol. The van der Waals surface area contributed by atoms with Gasteiger partial charge in [-0.05, 0) is 23.9 Å². The van der Waals surface area contributed by atoms with Gasteiger partial charge in [-0.25, -0.2) is 5.43 Å². The van der Waals surface area contributed by atoms with Crippen LogP contribution in [-0.4, -0.2) is 61.7 Å². The molecule has 1 N–H and O–H groups in total. The molecule has 0 radical (unpaired) electrons. The molecule has 1 aromatic heterocycles. The summed E-state index contributed by atoms with van der Waals surface area (Å²) in [6.45, 7) is 5.06. The largest absolute Gasteiger partial charge is 0.304 e. The van der Waals surface area contributed by atoms with Gasteiger partial charge in [0.25, 0.3) is 0 Å². The first-order chi connectivity index (χ1) is 9.24. The predicted molar refractivity (Wildman–Crippen MR) is 78.6 cm³/mol. The zero-order valence-electron chi connectivity index (χ0n) is 11.2. The molecule has 6 heteroatoms. The van der Waals surface area contributed by atoms with Crippen LogP contribution in [0.1, 0.15) is 12.0 Å². The van der Waals surface area contributed by atoms with E-state index in [1.165, 1.54) is 0 Å². The highest BCUT2D eigenvalue weighted by atomic mass is 32.1. The van der Waals surface area contributed by atoms with E-state index < -0.39 is 0 Å². The van der Waals surface area contributed by atoms with E-state index in [0.717, 1.165) is 38.3 Å². The van der Waals surface area contributed by atoms with Crippen molar-refractivity contribution in [3.8, 4) is 0 Å². The number of rotatable bonds is 5. The number of nitrogens with zero attached hydrogens (tertiary/aromatic N) is 3. The SMILES string of the molecule is CN1CCN(CCC(=O)N/N=C/c2ccsc2)CC1. The molecule has 0 atom stereocenters. The molecule has 2 rings (SSSR count). The van der Waals surface area contributed by atoms with E-state index in [-0.39, 0.29) is 5.91 Å². The molecule has 5 nitrogen and oxygen atoms in total. The zero-order valence-corrected chi connectivity index (χ0v) is 12.0. The summed E-state index contributed by atoms with van der Waals surface area (Å²) in [5.74, 6) is -0.0228. The van der Waals surface area contributed by atoms with Gasteiger partial charge in [-0.2, -0.15) is 16.4 Å². The molecule has 0 aromatic carbocycles. The van der Waals surface area contributed by atoms with Crippen LogP contribution < -0.4 is 5.43 Å². The van der Waals surface area contributed by atoms with Crippen molar-refractivity contribution in [3.63, 3.8) is 0 Å². The van der Waals surface area contributed by atoms with Crippen LogP contribution in [-0.2, 0) is 4.79 Å². The van der Waals surface area contributed by atoms with Crippen molar-refractivity contribution >= 4 is 23.5 Å². The minimum absolute atomic E-state index is 0.0228. The van der Waals surface area contributed by atoms with Gasteiger partial charge in [-0.15, -0.1) is 0 Å². The summed E-state index contributed by atoms with van der Waals surface area (Å²) in [5, 5.41) is 7.91. The maximum Gasteiger partial charge on any atom is 0.241 e. The summed E-state index contributed by atoms with van der Waals surface area (Å²) in [4.78, 5) is 16.2. The molecule has 1 aliphatic rings. The van der Waals surface area contributed by atoms with E-state index in [1.54, 1.807) is 17.6 Å². The lowest BCUT2D eigenvalue weighted by Gasteiger charge is -2.32. The number of hydrogen-bond acceptors (Lipinski definition) is 5. The lowest BCUT2D eigenvalue weighted by Crippen LogP contribution is -2.45. The van der Waals surface area contributed by atoms with Crippen molar-refractivity contribution in [3.05, 3.63) is 22.4 Å². The summed E-state index contributed by atoms with van der Waals surface area (Å²) < 4.78 is 0. The summed E-state index contributed by atoms with van der Waals surface area (Å²) in [6.07, 6.45) is 2.18. The first-order valence-corrected chi connectivity index (χ1v) is 7.43. The number of likely N-dealkylation sites (N-methyl/N-ethyl adjacent to an activating group) is 1. The fourth-order valence-electron chi connectivity index (χ4n) is 1.91. The first-order valence-electron chi connectivity index (χ1n) is 6.49. The molecule has 0 bridgehead atoms. The molecule has 104 valence electrons. The van der Waals surface area contributed by atoms with Gasteiger partial charge in [0.2, 0.25) is 5.91 Å². The lowest BCUT2D eigenvalue weighted by molar-refractivity contribution is -0.121. The number of amides is 1. The Balaban J connectivity index is 1.62. The lowest BCUT2D eigenvalue weighted by atomic mass is 10.3. The topological polar surface area (TPSA) is 47.9 Å². The fraction of sp³-hybridized carbons (Fsp3) is 0.538. The van der Waals surface area contributed by atoms with Crippen LogP contribution in [0.4, 0.5) is 0 Å². The van der Waals surface area contributed by atoms with E-state index in [4.69, 9.17) is 0 Å². The normalized spacial score (nSPS) is 17.9. The summed E-state index contributed by atoms with van der Waals surface area (Å²) in [6, 6.07) is 1.96. The Labute approximate surface area is 117 Å². The third-order valence-electron chi connectivity index (χ3n) is 3.20. The van der Waals surface area contributed by atoms with E-state index in [2.05, 4.69) is 27.4 Å². The van der Waals surface area contributed by atoms with Crippen LogP contribution in [0, 0.1) is 0 Å². The van der Waals surface area contributed by atoms with Crippen LogP contribution in [0.25, 0.3) is 0 Å². The Morgan fingerprint density at radius 2 is 2.26 bits per heavy atom. The molecule has 1 amide bonds. The second-order valence-corrected chi connectivity index (χ2v) is 5.52. The van der Waals surface area contributed by atoms with Crippen LogP contribution in [0.3, 0.4) is 0 Å². The summed E-state index contributed by atoms with van der Waals surface area (Å²) >= 11 is 1.61. The van der Waals surface area contributed by atoms with E-state index in [1.807, 2.05) is 16.8 Å². The van der Waals surface area contributed by atoms with Gasteiger partial charge in [-0.3, -0.25) is 4.79 Å². The smallest absolute Gasteiger partial charge is 0.241 e. The number of carbonyl (C=O) groups excluding carboxylic acids is 1. The maximum absolute atomic E-state index is 11.6. The molecule has 2 heterocycles. The van der Waals surface area contributed by atoms with Crippen molar-refractivity contribution < 1.29 is 4.79 Å². The quantitative estimate of drug-likeness (QED) is 0.642. The second kappa shape index (κ2) is 7.37. The van der Waals surface area contributed by atoms with E-state index in [0.29, 0.717) is 6.42 Å². The molecule has 1 saturated heterocycles. The Hall–Kier alpha value is -1.24. The molecule has 19 heavy (non-hydrogen) atoms.